The first-order chi connectivity index (χ1) is 11.0. The second kappa shape index (κ2) is 6.94. The lowest BCUT2D eigenvalue weighted by molar-refractivity contribution is -0.161. The number of rotatable bonds is 7. The highest BCUT2D eigenvalue weighted by molar-refractivity contribution is 6.45. The van der Waals surface area contributed by atoms with E-state index < -0.39 is 11.5 Å². The summed E-state index contributed by atoms with van der Waals surface area (Å²) in [5.74, 6) is -0.704. The number of carboxylic acids is 1. The molecule has 1 N–H and O–H groups in total. The fraction of sp³-hybridized carbons (Fsp3) is 0.941. The van der Waals surface area contributed by atoms with Crippen molar-refractivity contribution in [2.75, 3.05) is 20.6 Å². The van der Waals surface area contributed by atoms with Crippen LogP contribution in [0.4, 0.5) is 0 Å². The molecule has 2 aliphatic heterocycles. The number of aliphatic carboxylic acids is 1. The molecule has 0 aromatic carbocycles. The van der Waals surface area contributed by atoms with Crippen LogP contribution in [-0.4, -0.2) is 65.6 Å². The van der Waals surface area contributed by atoms with Gasteiger partial charge in [0.15, 0.2) is 0 Å². The van der Waals surface area contributed by atoms with Gasteiger partial charge in [-0.05, 0) is 53.3 Å². The number of hydrazine groups is 1. The molecule has 0 amide bonds. The SMILES string of the molecule is CN(C)N1CCCC1(CCCCB1OC(C)(C)C(C)(C)O1)C(=O)O. The van der Waals surface area contributed by atoms with Gasteiger partial charge in [0.2, 0.25) is 0 Å². The molecule has 1 atom stereocenters. The molecule has 0 aliphatic carbocycles. The maximum Gasteiger partial charge on any atom is 0.457 e. The molecule has 6 nitrogen and oxygen atoms in total. The Morgan fingerprint density at radius 3 is 2.25 bits per heavy atom. The van der Waals surface area contributed by atoms with E-state index in [1.54, 1.807) is 0 Å². The summed E-state index contributed by atoms with van der Waals surface area (Å²) in [7, 11) is 3.66. The molecule has 0 aromatic rings. The smallest absolute Gasteiger partial charge is 0.457 e. The van der Waals surface area contributed by atoms with Crippen molar-refractivity contribution in [3.8, 4) is 0 Å². The number of unbranched alkanes of at least 4 members (excludes halogenated alkanes) is 1. The topological polar surface area (TPSA) is 62.2 Å². The van der Waals surface area contributed by atoms with Crippen LogP contribution in [0.5, 0.6) is 0 Å². The van der Waals surface area contributed by atoms with Gasteiger partial charge in [-0.15, -0.1) is 0 Å². The van der Waals surface area contributed by atoms with E-state index >= 15 is 0 Å². The van der Waals surface area contributed by atoms with Crippen molar-refractivity contribution in [3.63, 3.8) is 0 Å². The minimum absolute atomic E-state index is 0.190. The van der Waals surface area contributed by atoms with Gasteiger partial charge in [-0.1, -0.05) is 12.8 Å². The van der Waals surface area contributed by atoms with Gasteiger partial charge >= 0.3 is 13.1 Å². The van der Waals surface area contributed by atoms with Crippen molar-refractivity contribution in [2.24, 2.45) is 0 Å². The maximum atomic E-state index is 11.9. The molecule has 1 unspecified atom stereocenters. The van der Waals surface area contributed by atoms with Crippen LogP contribution in [0.2, 0.25) is 6.32 Å². The highest BCUT2D eigenvalue weighted by Crippen LogP contribution is 2.39. The molecule has 0 saturated carbocycles. The molecular weight excluding hydrogens is 307 g/mol. The second-order valence-electron chi connectivity index (χ2n) is 8.34. The Balaban J connectivity index is 1.86. The van der Waals surface area contributed by atoms with Gasteiger partial charge in [0.1, 0.15) is 5.54 Å². The summed E-state index contributed by atoms with van der Waals surface area (Å²) < 4.78 is 12.0. The predicted molar refractivity (Wildman–Crippen MR) is 94.7 cm³/mol. The van der Waals surface area contributed by atoms with Crippen molar-refractivity contribution in [1.82, 2.24) is 10.0 Å². The van der Waals surface area contributed by atoms with Gasteiger partial charge in [0.05, 0.1) is 11.2 Å². The predicted octanol–water partition coefficient (Wildman–Crippen LogP) is 2.64. The number of carboxylic acid groups (broad SMARTS) is 1. The Hall–Kier alpha value is -0.625. The van der Waals surface area contributed by atoms with Crippen molar-refractivity contribution in [1.29, 1.82) is 0 Å². The maximum absolute atomic E-state index is 11.9. The van der Waals surface area contributed by atoms with Gasteiger partial charge in [-0.3, -0.25) is 4.79 Å². The van der Waals surface area contributed by atoms with Crippen molar-refractivity contribution in [3.05, 3.63) is 0 Å². The summed E-state index contributed by atoms with van der Waals surface area (Å²) in [5, 5.41) is 13.7. The summed E-state index contributed by atoms with van der Waals surface area (Å²) in [4.78, 5) is 11.9. The average Bonchev–Trinajstić information content (AvgIpc) is 2.95. The Labute approximate surface area is 146 Å². The molecule has 2 aliphatic rings. The van der Waals surface area contributed by atoms with E-state index in [0.717, 1.165) is 38.5 Å². The number of hydrogen-bond acceptors (Lipinski definition) is 5. The molecule has 2 saturated heterocycles. The fourth-order valence-electron chi connectivity index (χ4n) is 3.84. The van der Waals surface area contributed by atoms with E-state index in [2.05, 4.69) is 27.7 Å². The standard InChI is InChI=1S/C17H33BN2O4/c1-15(2)16(3,4)24-18(23-15)12-8-7-10-17(14(21)22)11-9-13-20(17)19(5)6/h7-13H2,1-6H3,(H,21,22). The lowest BCUT2D eigenvalue weighted by atomic mass is 9.80. The normalized spacial score (nSPS) is 29.5. The van der Waals surface area contributed by atoms with Gasteiger partial charge in [0, 0.05) is 20.6 Å². The van der Waals surface area contributed by atoms with Crippen LogP contribution in [-0.2, 0) is 14.1 Å². The molecule has 0 aromatic heterocycles. The monoisotopic (exact) mass is 340 g/mol. The van der Waals surface area contributed by atoms with Crippen molar-refractivity contribution >= 4 is 13.1 Å². The zero-order valence-electron chi connectivity index (χ0n) is 16.1. The second-order valence-corrected chi connectivity index (χ2v) is 8.34. The Bertz CT molecular complexity index is 454. The van der Waals surface area contributed by atoms with Crippen LogP contribution in [0.25, 0.3) is 0 Å². The zero-order chi connectivity index (χ0) is 18.2. The van der Waals surface area contributed by atoms with Gasteiger partial charge in [0.25, 0.3) is 0 Å². The first kappa shape index (κ1) is 19.7. The van der Waals surface area contributed by atoms with E-state index in [-0.39, 0.29) is 18.3 Å². The molecular formula is C17H33BN2O4. The van der Waals surface area contributed by atoms with E-state index in [0.29, 0.717) is 6.42 Å². The molecule has 138 valence electrons. The molecule has 0 radical (unpaired) electrons. The largest absolute Gasteiger partial charge is 0.480 e. The van der Waals surface area contributed by atoms with Crippen molar-refractivity contribution < 1.29 is 19.2 Å². The van der Waals surface area contributed by atoms with E-state index in [1.807, 2.05) is 24.1 Å². The van der Waals surface area contributed by atoms with Crippen LogP contribution in [0.15, 0.2) is 0 Å². The molecule has 0 bridgehead atoms. The van der Waals surface area contributed by atoms with E-state index in [1.165, 1.54) is 0 Å². The third kappa shape index (κ3) is 3.64. The lowest BCUT2D eigenvalue weighted by Crippen LogP contribution is -2.55. The quantitative estimate of drug-likeness (QED) is 0.568. The molecule has 2 fully saturated rings. The summed E-state index contributed by atoms with van der Waals surface area (Å²) in [6.45, 7) is 9.04. The Kier molecular flexibility index (Phi) is 5.70. The molecule has 2 rings (SSSR count). The minimum atomic E-state index is -0.751. The first-order valence-electron chi connectivity index (χ1n) is 9.06. The summed E-state index contributed by atoms with van der Waals surface area (Å²) in [6.07, 6.45) is 4.90. The Morgan fingerprint density at radius 1 is 1.17 bits per heavy atom. The highest BCUT2D eigenvalue weighted by Gasteiger charge is 2.51. The molecule has 7 heteroatoms. The third-order valence-corrected chi connectivity index (χ3v) is 5.92. The van der Waals surface area contributed by atoms with Crippen LogP contribution in [0.3, 0.4) is 0 Å². The van der Waals surface area contributed by atoms with Gasteiger partial charge in [-0.2, -0.15) is 0 Å². The zero-order valence-corrected chi connectivity index (χ0v) is 16.1. The van der Waals surface area contributed by atoms with Crippen LogP contribution in [0.1, 0.15) is 59.8 Å². The van der Waals surface area contributed by atoms with Crippen LogP contribution in [0, 0.1) is 0 Å². The van der Waals surface area contributed by atoms with Gasteiger partial charge < -0.3 is 14.4 Å². The minimum Gasteiger partial charge on any atom is -0.480 e. The number of hydrogen-bond donors (Lipinski definition) is 1. The van der Waals surface area contributed by atoms with Gasteiger partial charge in [-0.25, -0.2) is 10.0 Å². The average molecular weight is 340 g/mol. The summed E-state index contributed by atoms with van der Waals surface area (Å²) >= 11 is 0. The first-order valence-corrected chi connectivity index (χ1v) is 9.06. The Morgan fingerprint density at radius 2 is 1.75 bits per heavy atom. The number of carbonyl (C=O) groups is 1. The van der Waals surface area contributed by atoms with E-state index in [9.17, 15) is 9.90 Å². The fourth-order valence-corrected chi connectivity index (χ4v) is 3.84. The third-order valence-electron chi connectivity index (χ3n) is 5.92. The summed E-state index contributed by atoms with van der Waals surface area (Å²) in [6, 6.07) is 0. The molecule has 2 heterocycles. The van der Waals surface area contributed by atoms with Crippen molar-refractivity contribution in [2.45, 2.75) is 82.9 Å². The van der Waals surface area contributed by atoms with Crippen LogP contribution >= 0.6 is 0 Å². The van der Waals surface area contributed by atoms with Crippen LogP contribution < -0.4 is 0 Å². The summed E-state index contributed by atoms with van der Waals surface area (Å²) in [5.41, 5.74) is -1.35. The lowest BCUT2D eigenvalue weighted by Gasteiger charge is -2.38. The molecule has 0 spiro atoms. The highest BCUT2D eigenvalue weighted by atomic mass is 16.7. The number of nitrogens with zero attached hydrogens (tertiary/aromatic N) is 2. The van der Waals surface area contributed by atoms with E-state index in [4.69, 9.17) is 9.31 Å². The molecule has 24 heavy (non-hydrogen) atoms.